The molecule has 2 aromatic heterocycles. The molecular weight excluding hydrogens is 414 g/mol. The predicted octanol–water partition coefficient (Wildman–Crippen LogP) is 3.88. The third-order valence-electron chi connectivity index (χ3n) is 6.40. The van der Waals surface area contributed by atoms with E-state index in [1.54, 1.807) is 18.2 Å². The minimum Gasteiger partial charge on any atom is -0.508 e. The number of aromatic hydroxyl groups is 1. The standard InChI is InChI=1S/C26H23N5O2/c1-31-14-28-21-10-15(6-9-23(21)31)12-27-13-22-24(18-4-2-3-5-20(18)29-22)25-19-11-16(32)7-8-17(19)26(33)30-25/h2-11,14,25,27,29,32H,12-13H2,1H3,(H,30,33). The first-order valence-electron chi connectivity index (χ1n) is 10.9. The first-order chi connectivity index (χ1) is 16.1. The lowest BCUT2D eigenvalue weighted by molar-refractivity contribution is 0.0960. The van der Waals surface area contributed by atoms with Crippen molar-refractivity contribution in [3.8, 4) is 5.75 Å². The summed E-state index contributed by atoms with van der Waals surface area (Å²) in [6, 6.07) is 19.0. The van der Waals surface area contributed by atoms with Crippen LogP contribution < -0.4 is 10.6 Å². The molecule has 164 valence electrons. The fraction of sp³-hybridized carbons (Fsp3) is 0.154. The smallest absolute Gasteiger partial charge is 0.252 e. The number of imidazole rings is 1. The molecule has 7 heteroatoms. The molecule has 7 nitrogen and oxygen atoms in total. The van der Waals surface area contributed by atoms with E-state index in [-0.39, 0.29) is 17.7 Å². The van der Waals surface area contributed by atoms with Crippen molar-refractivity contribution in [2.75, 3.05) is 0 Å². The Kier molecular flexibility index (Phi) is 4.45. The number of para-hydroxylation sites is 1. The van der Waals surface area contributed by atoms with Crippen molar-refractivity contribution in [1.82, 2.24) is 25.2 Å². The molecule has 33 heavy (non-hydrogen) atoms. The maximum Gasteiger partial charge on any atom is 0.252 e. The second kappa shape index (κ2) is 7.50. The molecule has 6 rings (SSSR count). The first kappa shape index (κ1) is 19.6. The van der Waals surface area contributed by atoms with Crippen LogP contribution in [0.25, 0.3) is 21.9 Å². The summed E-state index contributed by atoms with van der Waals surface area (Å²) >= 11 is 0. The van der Waals surface area contributed by atoms with Gasteiger partial charge in [0.25, 0.3) is 5.91 Å². The monoisotopic (exact) mass is 437 g/mol. The minimum atomic E-state index is -0.322. The lowest BCUT2D eigenvalue weighted by atomic mass is 9.95. The number of carbonyl (C=O) groups excluding carboxylic acids is 1. The second-order valence-electron chi connectivity index (χ2n) is 8.52. The largest absolute Gasteiger partial charge is 0.508 e. The highest BCUT2D eigenvalue weighted by molar-refractivity contribution is 6.01. The number of benzene rings is 3. The zero-order valence-electron chi connectivity index (χ0n) is 18.1. The van der Waals surface area contributed by atoms with Crippen LogP contribution in [-0.2, 0) is 20.1 Å². The number of hydrogen-bond acceptors (Lipinski definition) is 4. The highest BCUT2D eigenvalue weighted by Crippen LogP contribution is 2.38. The molecule has 0 spiro atoms. The summed E-state index contributed by atoms with van der Waals surface area (Å²) in [6.45, 7) is 1.29. The highest BCUT2D eigenvalue weighted by Gasteiger charge is 2.33. The number of amides is 1. The van der Waals surface area contributed by atoms with Crippen molar-refractivity contribution in [3.05, 3.63) is 94.9 Å². The summed E-state index contributed by atoms with van der Waals surface area (Å²) < 4.78 is 2.01. The van der Waals surface area contributed by atoms with Crippen molar-refractivity contribution >= 4 is 27.8 Å². The van der Waals surface area contributed by atoms with Crippen molar-refractivity contribution in [2.45, 2.75) is 19.1 Å². The van der Waals surface area contributed by atoms with Gasteiger partial charge in [0, 0.05) is 47.9 Å². The third kappa shape index (κ3) is 3.25. The van der Waals surface area contributed by atoms with Crippen molar-refractivity contribution in [1.29, 1.82) is 0 Å². The number of fused-ring (bicyclic) bond motifs is 3. The van der Waals surface area contributed by atoms with Gasteiger partial charge in [-0.15, -0.1) is 0 Å². The van der Waals surface area contributed by atoms with Gasteiger partial charge < -0.3 is 25.3 Å². The molecule has 0 aliphatic carbocycles. The van der Waals surface area contributed by atoms with E-state index in [9.17, 15) is 9.90 Å². The Balaban J connectivity index is 1.32. The number of nitrogens with zero attached hydrogens (tertiary/aromatic N) is 2. The van der Waals surface area contributed by atoms with Crippen LogP contribution in [0.2, 0.25) is 0 Å². The van der Waals surface area contributed by atoms with Gasteiger partial charge >= 0.3 is 0 Å². The summed E-state index contributed by atoms with van der Waals surface area (Å²) in [7, 11) is 1.99. The zero-order chi connectivity index (χ0) is 22.5. The molecule has 1 unspecified atom stereocenters. The first-order valence-corrected chi connectivity index (χ1v) is 10.9. The Morgan fingerprint density at radius 2 is 1.97 bits per heavy atom. The summed E-state index contributed by atoms with van der Waals surface area (Å²) in [5, 5.41) is 17.8. The molecule has 0 fully saturated rings. The van der Waals surface area contributed by atoms with Gasteiger partial charge in [0.2, 0.25) is 0 Å². The second-order valence-corrected chi connectivity index (χ2v) is 8.52. The van der Waals surface area contributed by atoms with Gasteiger partial charge in [-0.25, -0.2) is 4.98 Å². The average Bonchev–Trinajstić information content (AvgIpc) is 3.46. The van der Waals surface area contributed by atoms with E-state index >= 15 is 0 Å². The number of phenols is 1. The molecule has 0 bridgehead atoms. The van der Waals surface area contributed by atoms with Crippen LogP contribution in [0.15, 0.2) is 67.0 Å². The topological polar surface area (TPSA) is 95.0 Å². The van der Waals surface area contributed by atoms with Crippen LogP contribution in [0.3, 0.4) is 0 Å². The van der Waals surface area contributed by atoms with Crippen LogP contribution in [0.5, 0.6) is 5.75 Å². The van der Waals surface area contributed by atoms with E-state index in [0.717, 1.165) is 44.3 Å². The van der Waals surface area contributed by atoms with Gasteiger partial charge in [0.05, 0.1) is 23.4 Å². The van der Waals surface area contributed by atoms with Crippen LogP contribution in [-0.4, -0.2) is 25.5 Å². The van der Waals surface area contributed by atoms with E-state index in [0.29, 0.717) is 18.7 Å². The Morgan fingerprint density at radius 1 is 1.09 bits per heavy atom. The Hall–Kier alpha value is -4.10. The Bertz CT molecular complexity index is 1530. The quantitative estimate of drug-likeness (QED) is 0.336. The highest BCUT2D eigenvalue weighted by atomic mass is 16.3. The van der Waals surface area contributed by atoms with Crippen molar-refractivity contribution < 1.29 is 9.90 Å². The van der Waals surface area contributed by atoms with Crippen molar-refractivity contribution in [2.24, 2.45) is 7.05 Å². The van der Waals surface area contributed by atoms with Crippen LogP contribution >= 0.6 is 0 Å². The summed E-state index contributed by atoms with van der Waals surface area (Å²) in [6.07, 6.45) is 1.82. The summed E-state index contributed by atoms with van der Waals surface area (Å²) in [5.41, 5.74) is 7.69. The van der Waals surface area contributed by atoms with E-state index < -0.39 is 0 Å². The van der Waals surface area contributed by atoms with Crippen LogP contribution in [0.1, 0.15) is 38.8 Å². The number of hydrogen-bond donors (Lipinski definition) is 4. The number of H-pyrrole nitrogens is 1. The summed E-state index contributed by atoms with van der Waals surface area (Å²) in [5.74, 6) is 0.0301. The number of phenolic OH excluding ortho intramolecular Hbond substituents is 1. The van der Waals surface area contributed by atoms with Gasteiger partial charge in [-0.2, -0.15) is 0 Å². The summed E-state index contributed by atoms with van der Waals surface area (Å²) in [4.78, 5) is 20.6. The van der Waals surface area contributed by atoms with Gasteiger partial charge in [0.1, 0.15) is 5.75 Å². The fourth-order valence-electron chi connectivity index (χ4n) is 4.82. The van der Waals surface area contributed by atoms with Gasteiger partial charge in [0.15, 0.2) is 0 Å². The van der Waals surface area contributed by atoms with Crippen LogP contribution in [0, 0.1) is 0 Å². The lowest BCUT2D eigenvalue weighted by Crippen LogP contribution is -2.22. The molecule has 1 aliphatic rings. The number of aromatic amines is 1. The number of carbonyl (C=O) groups is 1. The molecular formula is C26H23N5O2. The van der Waals surface area contributed by atoms with Crippen LogP contribution in [0.4, 0.5) is 0 Å². The lowest BCUT2D eigenvalue weighted by Gasteiger charge is -2.15. The third-order valence-corrected chi connectivity index (χ3v) is 6.40. The number of aryl methyl sites for hydroxylation is 1. The SMILES string of the molecule is Cn1cnc2cc(CNCc3[nH]c4ccccc4c3C3NC(=O)c4ccc(O)cc43)ccc21. The van der Waals surface area contributed by atoms with E-state index in [2.05, 4.69) is 44.9 Å². The predicted molar refractivity (Wildman–Crippen MR) is 127 cm³/mol. The Labute approximate surface area is 190 Å². The zero-order valence-corrected chi connectivity index (χ0v) is 18.1. The Morgan fingerprint density at radius 3 is 2.88 bits per heavy atom. The molecule has 5 aromatic rings. The molecule has 0 saturated carbocycles. The number of aromatic nitrogens is 3. The maximum absolute atomic E-state index is 12.6. The molecule has 4 N–H and O–H groups in total. The molecule has 0 saturated heterocycles. The van der Waals surface area contributed by atoms with Gasteiger partial charge in [-0.3, -0.25) is 4.79 Å². The molecule has 1 atom stereocenters. The molecule has 3 aromatic carbocycles. The van der Waals surface area contributed by atoms with E-state index in [1.165, 1.54) is 0 Å². The van der Waals surface area contributed by atoms with E-state index in [4.69, 9.17) is 0 Å². The van der Waals surface area contributed by atoms with Gasteiger partial charge in [-0.1, -0.05) is 24.3 Å². The average molecular weight is 438 g/mol. The van der Waals surface area contributed by atoms with Gasteiger partial charge in [-0.05, 0) is 47.5 Å². The molecule has 3 heterocycles. The van der Waals surface area contributed by atoms with Crippen molar-refractivity contribution in [3.63, 3.8) is 0 Å². The molecule has 0 radical (unpaired) electrons. The number of rotatable bonds is 5. The number of nitrogens with one attached hydrogen (secondary N) is 3. The molecule has 1 aliphatic heterocycles. The normalized spacial score (nSPS) is 15.3. The fourth-order valence-corrected chi connectivity index (χ4v) is 4.82. The minimum absolute atomic E-state index is 0.122. The van der Waals surface area contributed by atoms with E-state index in [1.807, 2.05) is 36.1 Å². The molecule has 1 amide bonds. The maximum atomic E-state index is 12.6.